The average Bonchev–Trinajstić information content (AvgIpc) is 3.68. The molecule has 1 aromatic carbocycles. The van der Waals surface area contributed by atoms with Gasteiger partial charge in [0.25, 0.3) is 0 Å². The third-order valence-corrected chi connectivity index (χ3v) is 9.47. The van der Waals surface area contributed by atoms with Crippen molar-refractivity contribution in [2.24, 2.45) is 5.92 Å². The monoisotopic (exact) mass is 594 g/mol. The summed E-state index contributed by atoms with van der Waals surface area (Å²) >= 11 is 1.36. The number of likely N-dealkylation sites (tertiary alicyclic amines) is 1. The molecule has 2 aromatic rings. The Balaban J connectivity index is 1.29. The van der Waals surface area contributed by atoms with Crippen molar-refractivity contribution in [3.63, 3.8) is 0 Å². The van der Waals surface area contributed by atoms with E-state index in [1.54, 1.807) is 43.6 Å². The molecule has 42 heavy (non-hydrogen) atoms. The first-order valence-corrected chi connectivity index (χ1v) is 15.6. The summed E-state index contributed by atoms with van der Waals surface area (Å²) < 4.78 is 0. The standard InChI is InChI=1S/C30H38N6O5S/c1-17(31-2)27(39)35-25(18-8-4-3-5-9-18)30(41)36-13-7-12-23(36)29-34-22(16-42-29)26(38)19-10-6-11-20(14-19)32-28(40)21-15-24(37)33-21/h6,10-11,14,16-18,21,23,25,31H,3-5,7-9,12-13,15H2,1-2H3,(H,32,40)(H,33,37)(H,35,39)/t17-,21?,23-,25-/m0/s1. The van der Waals surface area contributed by atoms with Crippen molar-refractivity contribution >= 4 is 46.4 Å². The van der Waals surface area contributed by atoms with Crippen molar-refractivity contribution in [3.8, 4) is 0 Å². The maximum atomic E-state index is 14.0. The molecule has 0 spiro atoms. The Labute approximate surface area is 249 Å². The van der Waals surface area contributed by atoms with E-state index < -0.39 is 18.1 Å². The van der Waals surface area contributed by atoms with Gasteiger partial charge in [0.1, 0.15) is 22.8 Å². The Hall–Kier alpha value is -3.64. The molecular formula is C30H38N6O5S. The van der Waals surface area contributed by atoms with Crippen LogP contribution in [0.25, 0.3) is 0 Å². The Kier molecular flexibility index (Phi) is 9.32. The second-order valence-electron chi connectivity index (χ2n) is 11.4. The van der Waals surface area contributed by atoms with Crippen molar-refractivity contribution < 1.29 is 24.0 Å². The van der Waals surface area contributed by atoms with Crippen LogP contribution >= 0.6 is 11.3 Å². The minimum absolute atomic E-state index is 0.0739. The lowest BCUT2D eigenvalue weighted by atomic mass is 9.83. The molecule has 4 N–H and O–H groups in total. The predicted octanol–water partition coefficient (Wildman–Crippen LogP) is 2.54. The lowest BCUT2D eigenvalue weighted by Gasteiger charge is -2.35. The molecule has 224 valence electrons. The number of rotatable bonds is 10. The van der Waals surface area contributed by atoms with Gasteiger partial charge in [-0.15, -0.1) is 11.3 Å². The molecule has 1 unspecified atom stereocenters. The summed E-state index contributed by atoms with van der Waals surface area (Å²) in [5, 5.41) is 13.7. The number of carbonyl (C=O) groups excluding carboxylic acids is 5. The van der Waals surface area contributed by atoms with Gasteiger partial charge in [-0.2, -0.15) is 0 Å². The summed E-state index contributed by atoms with van der Waals surface area (Å²) in [6.45, 7) is 2.36. The lowest BCUT2D eigenvalue weighted by molar-refractivity contribution is -0.139. The van der Waals surface area contributed by atoms with Gasteiger partial charge in [0.15, 0.2) is 0 Å². The highest BCUT2D eigenvalue weighted by atomic mass is 32.1. The van der Waals surface area contributed by atoms with Gasteiger partial charge in [0.2, 0.25) is 29.4 Å². The lowest BCUT2D eigenvalue weighted by Crippen LogP contribution is -2.55. The first kappa shape index (κ1) is 29.8. The zero-order valence-electron chi connectivity index (χ0n) is 24.0. The third kappa shape index (κ3) is 6.54. The van der Waals surface area contributed by atoms with E-state index in [-0.39, 0.29) is 53.5 Å². The number of nitrogens with one attached hydrogen (secondary N) is 4. The number of carbonyl (C=O) groups is 5. The van der Waals surface area contributed by atoms with Crippen LogP contribution in [0.4, 0.5) is 5.69 Å². The molecule has 4 atom stereocenters. The molecular weight excluding hydrogens is 556 g/mol. The van der Waals surface area contributed by atoms with Crippen LogP contribution in [-0.4, -0.2) is 71.0 Å². The smallest absolute Gasteiger partial charge is 0.247 e. The number of likely N-dealkylation sites (N-methyl/N-ethyl adjacent to an activating group) is 1. The molecule has 1 saturated carbocycles. The van der Waals surface area contributed by atoms with Crippen molar-refractivity contribution in [2.75, 3.05) is 18.9 Å². The zero-order valence-corrected chi connectivity index (χ0v) is 24.8. The summed E-state index contributed by atoms with van der Waals surface area (Å²) in [7, 11) is 1.72. The minimum Gasteiger partial charge on any atom is -0.344 e. The number of hydrogen-bond donors (Lipinski definition) is 4. The van der Waals surface area contributed by atoms with E-state index in [1.165, 1.54) is 11.3 Å². The van der Waals surface area contributed by atoms with Crippen LogP contribution in [-0.2, 0) is 19.2 Å². The maximum absolute atomic E-state index is 14.0. The van der Waals surface area contributed by atoms with E-state index in [2.05, 4.69) is 26.3 Å². The number of nitrogens with zero attached hydrogens (tertiary/aromatic N) is 2. The molecule has 1 aliphatic carbocycles. The Bertz CT molecular complexity index is 1350. The van der Waals surface area contributed by atoms with Gasteiger partial charge < -0.3 is 26.2 Å². The molecule has 5 rings (SSSR count). The van der Waals surface area contributed by atoms with E-state index in [1.807, 2.05) is 4.90 Å². The molecule has 1 aromatic heterocycles. The summed E-state index contributed by atoms with van der Waals surface area (Å²) in [6, 6.07) is 4.82. The number of thiazole rings is 1. The number of benzene rings is 1. The van der Waals surface area contributed by atoms with E-state index in [4.69, 9.17) is 0 Å². The largest absolute Gasteiger partial charge is 0.344 e. The van der Waals surface area contributed by atoms with Gasteiger partial charge in [-0.3, -0.25) is 24.0 Å². The molecule has 0 bridgehead atoms. The highest BCUT2D eigenvalue weighted by Gasteiger charge is 2.40. The number of aromatic nitrogens is 1. The normalized spacial score (nSPS) is 22.0. The first-order chi connectivity index (χ1) is 20.2. The molecule has 0 radical (unpaired) electrons. The number of anilines is 1. The Morgan fingerprint density at radius 2 is 1.86 bits per heavy atom. The molecule has 3 heterocycles. The fraction of sp³-hybridized carbons (Fsp3) is 0.533. The van der Waals surface area contributed by atoms with Gasteiger partial charge in [0, 0.05) is 23.2 Å². The van der Waals surface area contributed by atoms with Gasteiger partial charge in [0.05, 0.1) is 18.5 Å². The Morgan fingerprint density at radius 1 is 1.10 bits per heavy atom. The molecule has 4 amide bonds. The van der Waals surface area contributed by atoms with Crippen molar-refractivity contribution in [1.29, 1.82) is 0 Å². The van der Waals surface area contributed by atoms with Crippen molar-refractivity contribution in [1.82, 2.24) is 25.8 Å². The zero-order chi connectivity index (χ0) is 29.8. The van der Waals surface area contributed by atoms with Crippen LogP contribution in [0.5, 0.6) is 0 Å². The van der Waals surface area contributed by atoms with Crippen LogP contribution in [0.2, 0.25) is 0 Å². The topological polar surface area (TPSA) is 150 Å². The van der Waals surface area contributed by atoms with Gasteiger partial charge in [-0.05, 0) is 57.7 Å². The molecule has 3 aliphatic rings. The molecule has 3 fully saturated rings. The maximum Gasteiger partial charge on any atom is 0.247 e. The highest BCUT2D eigenvalue weighted by molar-refractivity contribution is 7.10. The van der Waals surface area contributed by atoms with Crippen molar-refractivity contribution in [2.45, 2.75) is 82.5 Å². The van der Waals surface area contributed by atoms with Gasteiger partial charge >= 0.3 is 0 Å². The second kappa shape index (κ2) is 13.1. The van der Waals surface area contributed by atoms with Crippen LogP contribution < -0.4 is 21.3 Å². The summed E-state index contributed by atoms with van der Waals surface area (Å²) in [4.78, 5) is 70.1. The molecule has 11 nitrogen and oxygen atoms in total. The first-order valence-electron chi connectivity index (χ1n) is 14.7. The van der Waals surface area contributed by atoms with Crippen LogP contribution in [0.3, 0.4) is 0 Å². The fourth-order valence-corrected chi connectivity index (χ4v) is 6.85. The molecule has 12 heteroatoms. The molecule has 2 aliphatic heterocycles. The van der Waals surface area contributed by atoms with Crippen LogP contribution in [0, 0.1) is 5.92 Å². The predicted molar refractivity (Wildman–Crippen MR) is 158 cm³/mol. The quantitative estimate of drug-likeness (QED) is 0.244. The Morgan fingerprint density at radius 3 is 2.57 bits per heavy atom. The van der Waals surface area contributed by atoms with E-state index in [0.717, 1.165) is 44.9 Å². The van der Waals surface area contributed by atoms with Crippen molar-refractivity contribution in [3.05, 3.63) is 45.9 Å². The number of ketones is 1. The van der Waals surface area contributed by atoms with E-state index in [0.29, 0.717) is 22.8 Å². The van der Waals surface area contributed by atoms with Gasteiger partial charge in [-0.25, -0.2) is 4.98 Å². The third-order valence-electron chi connectivity index (χ3n) is 8.52. The van der Waals surface area contributed by atoms with Gasteiger partial charge in [-0.1, -0.05) is 31.4 Å². The van der Waals surface area contributed by atoms with E-state index >= 15 is 0 Å². The number of β-lactam (4-membered cyclic amide) rings is 1. The minimum atomic E-state index is -0.582. The second-order valence-corrected chi connectivity index (χ2v) is 12.3. The number of amides is 4. The SMILES string of the molecule is CN[C@@H](C)C(=O)N[C@H](C(=O)N1CCC[C@H]1c1nc(C(=O)c2cccc(NC(=O)C3CC(=O)N3)c2)cs1)C1CCCCC1. The fourth-order valence-electron chi connectivity index (χ4n) is 5.90. The van der Waals surface area contributed by atoms with E-state index in [9.17, 15) is 24.0 Å². The average molecular weight is 595 g/mol. The highest BCUT2D eigenvalue weighted by Crippen LogP contribution is 2.36. The van der Waals surface area contributed by atoms with Crippen LogP contribution in [0.15, 0.2) is 29.6 Å². The summed E-state index contributed by atoms with van der Waals surface area (Å²) in [5.74, 6) is -0.940. The number of hydrogen-bond acceptors (Lipinski definition) is 8. The summed E-state index contributed by atoms with van der Waals surface area (Å²) in [6.07, 6.45) is 6.78. The molecule has 2 saturated heterocycles. The van der Waals surface area contributed by atoms with Crippen LogP contribution in [0.1, 0.15) is 85.4 Å². The summed E-state index contributed by atoms with van der Waals surface area (Å²) in [5.41, 5.74) is 1.11.